The zero-order chi connectivity index (χ0) is 10.7. The van der Waals surface area contributed by atoms with Crippen molar-refractivity contribution in [2.75, 3.05) is 26.8 Å². The molecule has 0 aromatic heterocycles. The van der Waals surface area contributed by atoms with Gasteiger partial charge in [0.1, 0.15) is 38.5 Å². The average Bonchev–Trinajstić information content (AvgIpc) is 2.26. The van der Waals surface area contributed by atoms with Gasteiger partial charge >= 0.3 is 5.97 Å². The summed E-state index contributed by atoms with van der Waals surface area (Å²) in [6.07, 6.45) is -0.614. The standard InChI is InChI=1S/C9H14O6/c1-6(10)12-3-8-9-7(13-5-14-8)2-11-4-15-9/h7-9H,2-5H2,1H3/t7-,8-,9+/m0/s1. The quantitative estimate of drug-likeness (QED) is 0.591. The van der Waals surface area contributed by atoms with Crippen LogP contribution in [0, 0.1) is 0 Å². The molecule has 2 aliphatic rings. The Morgan fingerprint density at radius 3 is 3.00 bits per heavy atom. The molecule has 0 aromatic carbocycles. The fraction of sp³-hybridized carbons (Fsp3) is 0.889. The van der Waals surface area contributed by atoms with Gasteiger partial charge in [-0.25, -0.2) is 0 Å². The molecule has 0 spiro atoms. The highest BCUT2D eigenvalue weighted by Gasteiger charge is 2.39. The molecule has 0 saturated carbocycles. The van der Waals surface area contributed by atoms with E-state index in [2.05, 4.69) is 0 Å². The summed E-state index contributed by atoms with van der Waals surface area (Å²) in [6, 6.07) is 0. The van der Waals surface area contributed by atoms with E-state index in [1.54, 1.807) is 0 Å². The van der Waals surface area contributed by atoms with Crippen molar-refractivity contribution in [3.05, 3.63) is 0 Å². The molecule has 0 aromatic rings. The van der Waals surface area contributed by atoms with Crippen LogP contribution in [0.25, 0.3) is 0 Å². The predicted octanol–water partition coefficient (Wildman–Crippen LogP) is -0.336. The Morgan fingerprint density at radius 1 is 1.33 bits per heavy atom. The molecule has 6 heteroatoms. The van der Waals surface area contributed by atoms with Crippen LogP contribution < -0.4 is 0 Å². The van der Waals surface area contributed by atoms with E-state index >= 15 is 0 Å². The van der Waals surface area contributed by atoms with Gasteiger partial charge in [-0.1, -0.05) is 0 Å². The van der Waals surface area contributed by atoms with Crippen LogP contribution in [0.1, 0.15) is 6.92 Å². The maximum absolute atomic E-state index is 10.7. The number of esters is 1. The molecule has 0 N–H and O–H groups in total. The topological polar surface area (TPSA) is 63.2 Å². The van der Waals surface area contributed by atoms with Crippen LogP contribution in [0.15, 0.2) is 0 Å². The summed E-state index contributed by atoms with van der Waals surface area (Å²) >= 11 is 0. The number of carbonyl (C=O) groups is 1. The van der Waals surface area contributed by atoms with Gasteiger partial charge in [0, 0.05) is 6.92 Å². The molecular formula is C9H14O6. The van der Waals surface area contributed by atoms with E-state index in [1.807, 2.05) is 0 Å². The molecule has 15 heavy (non-hydrogen) atoms. The lowest BCUT2D eigenvalue weighted by atomic mass is 10.1. The number of hydrogen-bond acceptors (Lipinski definition) is 6. The van der Waals surface area contributed by atoms with E-state index < -0.39 is 0 Å². The van der Waals surface area contributed by atoms with Gasteiger partial charge in [0.05, 0.1) is 6.61 Å². The van der Waals surface area contributed by atoms with Crippen molar-refractivity contribution in [3.63, 3.8) is 0 Å². The Bertz CT molecular complexity index is 229. The zero-order valence-electron chi connectivity index (χ0n) is 8.51. The molecular weight excluding hydrogens is 204 g/mol. The zero-order valence-corrected chi connectivity index (χ0v) is 8.51. The minimum atomic E-state index is -0.325. The minimum Gasteiger partial charge on any atom is -0.463 e. The minimum absolute atomic E-state index is 0.131. The first-order valence-electron chi connectivity index (χ1n) is 4.83. The lowest BCUT2D eigenvalue weighted by molar-refractivity contribution is -0.305. The summed E-state index contributed by atoms with van der Waals surface area (Å²) in [5.41, 5.74) is 0. The van der Waals surface area contributed by atoms with Gasteiger partial charge in [-0.15, -0.1) is 0 Å². The summed E-state index contributed by atoms with van der Waals surface area (Å²) < 4.78 is 26.0. The molecule has 0 aliphatic carbocycles. The highest BCUT2D eigenvalue weighted by Crippen LogP contribution is 2.21. The van der Waals surface area contributed by atoms with Crippen LogP contribution in [0.4, 0.5) is 0 Å². The van der Waals surface area contributed by atoms with Crippen molar-refractivity contribution in [2.24, 2.45) is 0 Å². The third-order valence-electron chi connectivity index (χ3n) is 2.37. The lowest BCUT2D eigenvalue weighted by Crippen LogP contribution is -2.54. The van der Waals surface area contributed by atoms with E-state index in [0.29, 0.717) is 6.61 Å². The molecule has 3 atom stereocenters. The molecule has 2 aliphatic heterocycles. The summed E-state index contributed by atoms with van der Waals surface area (Å²) in [4.78, 5) is 10.7. The normalized spacial score (nSPS) is 35.7. The molecule has 2 fully saturated rings. The molecule has 2 heterocycles. The highest BCUT2D eigenvalue weighted by atomic mass is 16.8. The van der Waals surface area contributed by atoms with Crippen LogP contribution >= 0.6 is 0 Å². The van der Waals surface area contributed by atoms with E-state index in [1.165, 1.54) is 6.92 Å². The van der Waals surface area contributed by atoms with Gasteiger partial charge in [-0.2, -0.15) is 0 Å². The SMILES string of the molecule is CC(=O)OC[C@@H]1OCO[C@H]2COCO[C@H]21. The smallest absolute Gasteiger partial charge is 0.302 e. The van der Waals surface area contributed by atoms with E-state index in [-0.39, 0.29) is 44.5 Å². The second kappa shape index (κ2) is 4.89. The van der Waals surface area contributed by atoms with E-state index in [9.17, 15) is 4.79 Å². The first-order chi connectivity index (χ1) is 7.27. The number of carbonyl (C=O) groups excluding carboxylic acids is 1. The van der Waals surface area contributed by atoms with Crippen molar-refractivity contribution < 1.29 is 28.5 Å². The lowest BCUT2D eigenvalue weighted by Gasteiger charge is -2.39. The van der Waals surface area contributed by atoms with Crippen LogP contribution in [0.3, 0.4) is 0 Å². The Morgan fingerprint density at radius 2 is 2.20 bits per heavy atom. The van der Waals surface area contributed by atoms with Gasteiger partial charge in [0.15, 0.2) is 0 Å². The number of ether oxygens (including phenoxy) is 5. The maximum Gasteiger partial charge on any atom is 0.302 e. The Hall–Kier alpha value is -0.690. The first-order valence-corrected chi connectivity index (χ1v) is 4.83. The summed E-state index contributed by atoms with van der Waals surface area (Å²) in [6.45, 7) is 2.45. The van der Waals surface area contributed by atoms with Crippen molar-refractivity contribution in [3.8, 4) is 0 Å². The van der Waals surface area contributed by atoms with Crippen molar-refractivity contribution in [2.45, 2.75) is 25.2 Å². The Labute approximate surface area is 87.4 Å². The third-order valence-corrected chi connectivity index (χ3v) is 2.37. The van der Waals surface area contributed by atoms with Crippen molar-refractivity contribution in [1.29, 1.82) is 0 Å². The maximum atomic E-state index is 10.7. The van der Waals surface area contributed by atoms with E-state index in [4.69, 9.17) is 23.7 Å². The second-order valence-electron chi connectivity index (χ2n) is 3.45. The number of fused-ring (bicyclic) bond motifs is 1. The van der Waals surface area contributed by atoms with Gasteiger partial charge in [-0.05, 0) is 0 Å². The third kappa shape index (κ3) is 2.66. The molecule has 2 saturated heterocycles. The molecule has 86 valence electrons. The molecule has 0 radical (unpaired) electrons. The summed E-state index contributed by atoms with van der Waals surface area (Å²) in [7, 11) is 0. The summed E-state index contributed by atoms with van der Waals surface area (Å²) in [5, 5.41) is 0. The van der Waals surface area contributed by atoms with Crippen molar-refractivity contribution >= 4 is 5.97 Å². The van der Waals surface area contributed by atoms with Gasteiger partial charge < -0.3 is 23.7 Å². The van der Waals surface area contributed by atoms with Gasteiger partial charge in [0.25, 0.3) is 0 Å². The fourth-order valence-corrected chi connectivity index (χ4v) is 1.63. The fourth-order valence-electron chi connectivity index (χ4n) is 1.63. The monoisotopic (exact) mass is 218 g/mol. The van der Waals surface area contributed by atoms with Crippen LogP contribution in [0.5, 0.6) is 0 Å². The summed E-state index contributed by atoms with van der Waals surface area (Å²) in [5.74, 6) is -0.325. The Balaban J connectivity index is 1.88. The number of hydrogen-bond donors (Lipinski definition) is 0. The van der Waals surface area contributed by atoms with Crippen LogP contribution in [-0.4, -0.2) is 51.1 Å². The van der Waals surface area contributed by atoms with Gasteiger partial charge in [0.2, 0.25) is 0 Å². The Kier molecular flexibility index (Phi) is 3.53. The largest absolute Gasteiger partial charge is 0.463 e. The van der Waals surface area contributed by atoms with Crippen molar-refractivity contribution in [1.82, 2.24) is 0 Å². The molecule has 0 bridgehead atoms. The first kappa shape index (κ1) is 10.8. The molecule has 0 unspecified atom stereocenters. The number of rotatable bonds is 2. The predicted molar refractivity (Wildman–Crippen MR) is 46.9 cm³/mol. The molecule has 2 rings (SSSR count). The molecule has 0 amide bonds. The second-order valence-corrected chi connectivity index (χ2v) is 3.45. The van der Waals surface area contributed by atoms with Crippen LogP contribution in [-0.2, 0) is 28.5 Å². The van der Waals surface area contributed by atoms with E-state index in [0.717, 1.165) is 0 Å². The average molecular weight is 218 g/mol. The van der Waals surface area contributed by atoms with Crippen LogP contribution in [0.2, 0.25) is 0 Å². The highest BCUT2D eigenvalue weighted by molar-refractivity contribution is 5.65. The molecule has 6 nitrogen and oxygen atoms in total. The van der Waals surface area contributed by atoms with Gasteiger partial charge in [-0.3, -0.25) is 4.79 Å².